The average molecular weight is 535 g/mol. The van der Waals surface area contributed by atoms with Gasteiger partial charge in [-0.3, -0.25) is 9.13 Å². The number of pyridine rings is 2. The van der Waals surface area contributed by atoms with Crippen LogP contribution in [0, 0.1) is 0 Å². The number of nitrogens with zero attached hydrogens (tertiary/aromatic N) is 4. The second kappa shape index (κ2) is 9.25. The van der Waals surface area contributed by atoms with E-state index >= 15 is 0 Å². The molecule has 1 saturated carbocycles. The maximum atomic E-state index is 13.6. The van der Waals surface area contributed by atoms with Crippen molar-refractivity contribution in [1.29, 1.82) is 0 Å². The number of hydrogen-bond acceptors (Lipinski definition) is 6. The zero-order valence-corrected chi connectivity index (χ0v) is 20.5. The molecule has 2 atom stereocenters. The van der Waals surface area contributed by atoms with Gasteiger partial charge < -0.3 is 15.4 Å². The number of methoxy groups -OCH3 is 1. The minimum Gasteiger partial charge on any atom is -0.453 e. The number of anilines is 2. The number of alkyl carbamates (subject to hydrolysis) is 1. The third-order valence-electron chi connectivity index (χ3n) is 6.60. The number of nitrogens with one attached hydrogen (secondary N) is 2. The van der Waals surface area contributed by atoms with E-state index in [9.17, 15) is 22.8 Å². The number of aryl methyl sites for hydroxylation is 1. The number of fused-ring (bicyclic) bond motifs is 2. The quantitative estimate of drug-likeness (QED) is 0.375. The van der Waals surface area contributed by atoms with Crippen LogP contribution >= 0.6 is 11.6 Å². The largest absolute Gasteiger partial charge is 0.453 e. The zero-order chi connectivity index (χ0) is 26.5. The molecule has 5 rings (SSSR count). The summed E-state index contributed by atoms with van der Waals surface area (Å²) in [6.07, 6.45) is -1.73. The Balaban J connectivity index is 1.51. The van der Waals surface area contributed by atoms with Gasteiger partial charge in [0.15, 0.2) is 0 Å². The second-order valence-corrected chi connectivity index (χ2v) is 9.29. The Bertz CT molecular complexity index is 1580. The number of imidazole rings is 1. The molecule has 1 aromatic carbocycles. The molecular weight excluding hydrogens is 513 g/mol. The lowest BCUT2D eigenvalue weighted by molar-refractivity contribution is -0.136. The Kier molecular flexibility index (Phi) is 6.22. The number of amides is 1. The lowest BCUT2D eigenvalue weighted by atomic mass is 10.1. The first kappa shape index (κ1) is 24.9. The van der Waals surface area contributed by atoms with E-state index in [4.69, 9.17) is 11.6 Å². The highest BCUT2D eigenvalue weighted by Gasteiger charge is 2.34. The number of carbonyl (C=O) groups is 1. The summed E-state index contributed by atoms with van der Waals surface area (Å²) < 4.78 is 48.5. The molecule has 0 aliphatic heterocycles. The van der Waals surface area contributed by atoms with Gasteiger partial charge in [-0.1, -0.05) is 23.7 Å². The van der Waals surface area contributed by atoms with Crippen molar-refractivity contribution >= 4 is 51.3 Å². The number of rotatable bonds is 4. The fraction of sp³-hybridized carbons (Fsp3) is 0.333. The van der Waals surface area contributed by atoms with Crippen LogP contribution in [0.4, 0.5) is 29.6 Å². The first-order chi connectivity index (χ1) is 17.6. The van der Waals surface area contributed by atoms with Crippen LogP contribution in [-0.2, 0) is 18.0 Å². The highest BCUT2D eigenvalue weighted by atomic mass is 35.5. The van der Waals surface area contributed by atoms with Gasteiger partial charge in [-0.25, -0.2) is 19.6 Å². The molecular formula is C24H22ClF3N6O3. The van der Waals surface area contributed by atoms with E-state index < -0.39 is 17.8 Å². The molecule has 0 unspecified atom stereocenters. The van der Waals surface area contributed by atoms with E-state index in [1.165, 1.54) is 36.1 Å². The Labute approximate surface area is 213 Å². The van der Waals surface area contributed by atoms with Gasteiger partial charge in [0, 0.05) is 36.7 Å². The van der Waals surface area contributed by atoms with Crippen molar-refractivity contribution < 1.29 is 22.7 Å². The number of halogens is 4. The number of para-hydroxylation sites is 1. The van der Waals surface area contributed by atoms with Crippen LogP contribution in [0.15, 0.2) is 41.3 Å². The van der Waals surface area contributed by atoms with Gasteiger partial charge >= 0.3 is 18.0 Å². The number of hydrogen-bond donors (Lipinski definition) is 2. The Morgan fingerprint density at radius 3 is 2.70 bits per heavy atom. The molecule has 3 aromatic heterocycles. The lowest BCUT2D eigenvalue weighted by Gasteiger charge is -2.15. The molecule has 2 N–H and O–H groups in total. The van der Waals surface area contributed by atoms with Crippen molar-refractivity contribution in [2.75, 3.05) is 12.4 Å². The fourth-order valence-corrected chi connectivity index (χ4v) is 5.11. The highest BCUT2D eigenvalue weighted by Crippen LogP contribution is 2.37. The molecule has 13 heteroatoms. The SMILES string of the molecule is COC(=O)N[C@@H]1CC[C@@H](n2c(=O)n(C)c3cnc(Nc4cc(Cl)c5cccc(C(F)(F)F)c5n4)cc32)C1. The van der Waals surface area contributed by atoms with E-state index in [0.717, 1.165) is 6.07 Å². The number of aromatic nitrogens is 4. The van der Waals surface area contributed by atoms with Crippen molar-refractivity contribution in [2.45, 2.75) is 37.5 Å². The highest BCUT2D eigenvalue weighted by molar-refractivity contribution is 6.35. The van der Waals surface area contributed by atoms with Crippen LogP contribution in [0.1, 0.15) is 30.9 Å². The van der Waals surface area contributed by atoms with Gasteiger partial charge in [-0.2, -0.15) is 13.2 Å². The monoisotopic (exact) mass is 534 g/mol. The summed E-state index contributed by atoms with van der Waals surface area (Å²) >= 11 is 6.29. The van der Waals surface area contributed by atoms with Crippen LogP contribution < -0.4 is 16.3 Å². The van der Waals surface area contributed by atoms with E-state index in [-0.39, 0.29) is 45.3 Å². The van der Waals surface area contributed by atoms with Gasteiger partial charge in [0.25, 0.3) is 0 Å². The number of carbonyl (C=O) groups excluding carboxylic acids is 1. The fourth-order valence-electron chi connectivity index (χ4n) is 4.86. The maximum absolute atomic E-state index is 13.6. The summed E-state index contributed by atoms with van der Waals surface area (Å²) in [5.41, 5.74) is -0.232. The molecule has 0 saturated heterocycles. The minimum atomic E-state index is -4.60. The molecule has 1 aliphatic rings. The smallest absolute Gasteiger partial charge is 0.418 e. The van der Waals surface area contributed by atoms with Crippen molar-refractivity contribution in [3.05, 3.63) is 57.6 Å². The number of ether oxygens (including phenoxy) is 1. The van der Waals surface area contributed by atoms with Gasteiger partial charge in [0.05, 0.1) is 40.4 Å². The third-order valence-corrected chi connectivity index (χ3v) is 6.92. The molecule has 0 bridgehead atoms. The lowest BCUT2D eigenvalue weighted by Crippen LogP contribution is -2.33. The Hall–Kier alpha value is -3.80. The van der Waals surface area contributed by atoms with Crippen LogP contribution in [0.2, 0.25) is 5.02 Å². The summed E-state index contributed by atoms with van der Waals surface area (Å²) in [6.45, 7) is 0. The van der Waals surface area contributed by atoms with E-state index in [1.54, 1.807) is 17.7 Å². The summed E-state index contributed by atoms with van der Waals surface area (Å²) in [5, 5.41) is 5.98. The van der Waals surface area contributed by atoms with Crippen LogP contribution in [-0.4, -0.2) is 38.3 Å². The van der Waals surface area contributed by atoms with Crippen LogP contribution in [0.3, 0.4) is 0 Å². The number of alkyl halides is 3. The zero-order valence-electron chi connectivity index (χ0n) is 19.8. The second-order valence-electron chi connectivity index (χ2n) is 8.88. The summed E-state index contributed by atoms with van der Waals surface area (Å²) in [6, 6.07) is 6.47. The standard InChI is InChI=1S/C24H22ClF3N6O3/c1-33-18-11-29-19(10-17(18)34(23(33)36)13-7-6-12(8-13)30-22(35)37-2)31-20-9-16(25)14-4-3-5-15(21(14)32-20)24(26,27)28/h3-5,9-13H,6-8H2,1-2H3,(H,30,35)(H,29,31,32)/t12-,13-/m1/s1. The molecule has 3 heterocycles. The predicted octanol–water partition coefficient (Wildman–Crippen LogP) is 5.15. The minimum absolute atomic E-state index is 0.0779. The third kappa shape index (κ3) is 4.57. The summed E-state index contributed by atoms with van der Waals surface area (Å²) in [7, 11) is 2.93. The maximum Gasteiger partial charge on any atom is 0.418 e. The predicted molar refractivity (Wildman–Crippen MR) is 132 cm³/mol. The molecule has 37 heavy (non-hydrogen) atoms. The molecule has 1 amide bonds. The molecule has 0 radical (unpaired) electrons. The van der Waals surface area contributed by atoms with Crippen molar-refractivity contribution in [2.24, 2.45) is 7.05 Å². The van der Waals surface area contributed by atoms with Crippen molar-refractivity contribution in [1.82, 2.24) is 24.4 Å². The molecule has 1 aliphatic carbocycles. The Morgan fingerprint density at radius 1 is 1.19 bits per heavy atom. The Morgan fingerprint density at radius 2 is 1.97 bits per heavy atom. The van der Waals surface area contributed by atoms with E-state index in [2.05, 4.69) is 25.3 Å². The van der Waals surface area contributed by atoms with E-state index in [0.29, 0.717) is 30.3 Å². The van der Waals surface area contributed by atoms with Crippen molar-refractivity contribution in [3.63, 3.8) is 0 Å². The molecule has 194 valence electrons. The molecule has 0 spiro atoms. The normalized spacial score (nSPS) is 17.9. The van der Waals surface area contributed by atoms with Gasteiger partial charge in [-0.15, -0.1) is 0 Å². The molecule has 1 fully saturated rings. The summed E-state index contributed by atoms with van der Waals surface area (Å²) in [5.74, 6) is 0.357. The van der Waals surface area contributed by atoms with Crippen LogP contribution in [0.5, 0.6) is 0 Å². The van der Waals surface area contributed by atoms with Gasteiger partial charge in [-0.05, 0) is 25.3 Å². The van der Waals surface area contributed by atoms with Crippen LogP contribution in [0.25, 0.3) is 21.9 Å². The topological polar surface area (TPSA) is 103 Å². The summed E-state index contributed by atoms with van der Waals surface area (Å²) in [4.78, 5) is 33.2. The van der Waals surface area contributed by atoms with Crippen molar-refractivity contribution in [3.8, 4) is 0 Å². The molecule has 4 aromatic rings. The number of benzene rings is 1. The first-order valence-electron chi connectivity index (χ1n) is 11.4. The first-order valence-corrected chi connectivity index (χ1v) is 11.8. The molecule has 9 nitrogen and oxygen atoms in total. The average Bonchev–Trinajstić information content (AvgIpc) is 3.39. The van der Waals surface area contributed by atoms with Gasteiger partial charge in [0.2, 0.25) is 0 Å². The van der Waals surface area contributed by atoms with E-state index in [1.807, 2.05) is 0 Å². The van der Waals surface area contributed by atoms with Gasteiger partial charge in [0.1, 0.15) is 11.6 Å².